The van der Waals surface area contributed by atoms with Gasteiger partial charge in [0.25, 0.3) is 0 Å². The topological polar surface area (TPSA) is 142 Å². The highest BCUT2D eigenvalue weighted by Gasteiger charge is 2.35. The summed E-state index contributed by atoms with van der Waals surface area (Å²) in [5.41, 5.74) is 10.2. The van der Waals surface area contributed by atoms with Gasteiger partial charge in [0.2, 0.25) is 0 Å². The third-order valence-electron chi connectivity index (χ3n) is 8.43. The van der Waals surface area contributed by atoms with E-state index in [0.29, 0.717) is 32.0 Å². The van der Waals surface area contributed by atoms with Crippen molar-refractivity contribution >= 4 is 45.0 Å². The van der Waals surface area contributed by atoms with E-state index in [1.165, 1.54) is 0 Å². The SMILES string of the molecule is CC(C)(C)OC(=O)N(CCCCN)Cc1nc2ccc(-c3ccc4c(ccc5nc([C@@H]6CCCN6C(=O)OC(C)(C)C)[nH]c54)c3)cc2[nH]1. The summed E-state index contributed by atoms with van der Waals surface area (Å²) >= 11 is 0. The Kier molecular flexibility index (Phi) is 9.08. The average molecular weight is 654 g/mol. The van der Waals surface area contributed by atoms with Crippen molar-refractivity contribution in [2.45, 2.75) is 91.0 Å². The number of carbonyl (C=O) groups excluding carboxylic acids is 2. The van der Waals surface area contributed by atoms with Crippen molar-refractivity contribution in [1.82, 2.24) is 29.7 Å². The number of unbranched alkanes of at least 4 members (excludes halogenated alkanes) is 1. The van der Waals surface area contributed by atoms with Crippen molar-refractivity contribution in [3.63, 3.8) is 0 Å². The fourth-order valence-corrected chi connectivity index (χ4v) is 6.26. The van der Waals surface area contributed by atoms with E-state index in [0.717, 1.165) is 75.5 Å². The minimum Gasteiger partial charge on any atom is -0.444 e. The molecule has 0 radical (unpaired) electrons. The van der Waals surface area contributed by atoms with Crippen molar-refractivity contribution in [2.75, 3.05) is 19.6 Å². The molecule has 1 aliphatic rings. The fraction of sp³-hybridized carbons (Fsp3) is 0.459. The van der Waals surface area contributed by atoms with Crippen LogP contribution in [0.5, 0.6) is 0 Å². The molecule has 1 atom stereocenters. The van der Waals surface area contributed by atoms with E-state index in [4.69, 9.17) is 25.2 Å². The van der Waals surface area contributed by atoms with Crippen LogP contribution in [0.2, 0.25) is 0 Å². The van der Waals surface area contributed by atoms with Crippen LogP contribution in [0, 0.1) is 0 Å². The molecule has 0 unspecified atom stereocenters. The number of carbonyl (C=O) groups is 2. The molecule has 6 rings (SSSR count). The van der Waals surface area contributed by atoms with Gasteiger partial charge < -0.3 is 30.1 Å². The second-order valence-corrected chi connectivity index (χ2v) is 14.7. The molecular formula is C37H47N7O4. The first-order chi connectivity index (χ1) is 22.8. The van der Waals surface area contributed by atoms with Crippen molar-refractivity contribution < 1.29 is 19.1 Å². The van der Waals surface area contributed by atoms with Gasteiger partial charge in [0.1, 0.15) is 22.9 Å². The van der Waals surface area contributed by atoms with E-state index < -0.39 is 11.2 Å². The second-order valence-electron chi connectivity index (χ2n) is 14.7. The summed E-state index contributed by atoms with van der Waals surface area (Å²) in [5.74, 6) is 1.49. The van der Waals surface area contributed by atoms with E-state index in [1.54, 1.807) is 9.80 Å². The minimum absolute atomic E-state index is 0.144. The molecular weight excluding hydrogens is 606 g/mol. The van der Waals surface area contributed by atoms with Crippen LogP contribution in [0.4, 0.5) is 9.59 Å². The second kappa shape index (κ2) is 13.1. The number of fused-ring (bicyclic) bond motifs is 4. The molecule has 0 spiro atoms. The van der Waals surface area contributed by atoms with Gasteiger partial charge in [0.05, 0.1) is 34.7 Å². The molecule has 0 bridgehead atoms. The zero-order valence-corrected chi connectivity index (χ0v) is 28.9. The fourth-order valence-electron chi connectivity index (χ4n) is 6.26. The summed E-state index contributed by atoms with van der Waals surface area (Å²) in [4.78, 5) is 46.0. The lowest BCUT2D eigenvalue weighted by Gasteiger charge is -2.27. The number of amides is 2. The Hall–Kier alpha value is -4.64. The van der Waals surface area contributed by atoms with Gasteiger partial charge in [-0.1, -0.05) is 24.3 Å². The Balaban J connectivity index is 1.24. The van der Waals surface area contributed by atoms with E-state index in [-0.39, 0.29) is 18.2 Å². The molecule has 2 amide bonds. The lowest BCUT2D eigenvalue weighted by molar-refractivity contribution is 0.0212. The first kappa shape index (κ1) is 33.3. The number of hydrogen-bond acceptors (Lipinski definition) is 7. The number of rotatable bonds is 8. The Morgan fingerprint density at radius 1 is 0.917 bits per heavy atom. The summed E-state index contributed by atoms with van der Waals surface area (Å²) in [7, 11) is 0. The van der Waals surface area contributed by atoms with Crippen LogP contribution in [0.15, 0.2) is 48.5 Å². The zero-order valence-electron chi connectivity index (χ0n) is 28.9. The molecule has 48 heavy (non-hydrogen) atoms. The molecule has 1 fully saturated rings. The van der Waals surface area contributed by atoms with E-state index >= 15 is 0 Å². The summed E-state index contributed by atoms with van der Waals surface area (Å²) < 4.78 is 11.3. The van der Waals surface area contributed by atoms with Crippen LogP contribution in [0.25, 0.3) is 44.0 Å². The highest BCUT2D eigenvalue weighted by atomic mass is 16.6. The number of nitrogens with zero attached hydrogens (tertiary/aromatic N) is 4. The Morgan fingerprint density at radius 3 is 2.40 bits per heavy atom. The quantitative estimate of drug-likeness (QED) is 0.145. The average Bonchev–Trinajstić information content (AvgIpc) is 3.76. The van der Waals surface area contributed by atoms with Crippen LogP contribution in [0.3, 0.4) is 0 Å². The minimum atomic E-state index is -0.587. The number of nitrogens with two attached hydrogens (primary N) is 1. The van der Waals surface area contributed by atoms with Gasteiger partial charge in [0, 0.05) is 18.5 Å². The molecule has 0 saturated carbocycles. The molecule has 3 aromatic carbocycles. The number of hydrogen-bond donors (Lipinski definition) is 3. The molecule has 1 aliphatic heterocycles. The number of ether oxygens (including phenoxy) is 2. The maximum Gasteiger partial charge on any atom is 0.410 e. The monoisotopic (exact) mass is 653 g/mol. The van der Waals surface area contributed by atoms with Crippen LogP contribution < -0.4 is 5.73 Å². The van der Waals surface area contributed by atoms with Gasteiger partial charge in [-0.15, -0.1) is 0 Å². The van der Waals surface area contributed by atoms with Crippen LogP contribution in [-0.2, 0) is 16.0 Å². The number of nitrogens with one attached hydrogen (secondary N) is 2. The lowest BCUT2D eigenvalue weighted by atomic mass is 10.0. The molecule has 254 valence electrons. The summed E-state index contributed by atoms with van der Waals surface area (Å²) in [5, 5.41) is 2.15. The van der Waals surface area contributed by atoms with E-state index in [9.17, 15) is 9.59 Å². The first-order valence-electron chi connectivity index (χ1n) is 16.9. The molecule has 11 nitrogen and oxygen atoms in total. The van der Waals surface area contributed by atoms with E-state index in [2.05, 4.69) is 46.4 Å². The largest absolute Gasteiger partial charge is 0.444 e. The molecule has 11 heteroatoms. The Labute approximate surface area is 281 Å². The van der Waals surface area contributed by atoms with Crippen molar-refractivity contribution in [2.24, 2.45) is 5.73 Å². The summed E-state index contributed by atoms with van der Waals surface area (Å²) in [6, 6.07) is 16.6. The van der Waals surface area contributed by atoms with Gasteiger partial charge in [-0.2, -0.15) is 0 Å². The number of H-pyrrole nitrogens is 2. The molecule has 5 aromatic rings. The van der Waals surface area contributed by atoms with Gasteiger partial charge in [-0.05, 0) is 115 Å². The predicted octanol–water partition coefficient (Wildman–Crippen LogP) is 7.81. The highest BCUT2D eigenvalue weighted by molar-refractivity contribution is 6.05. The zero-order chi connectivity index (χ0) is 34.2. The summed E-state index contributed by atoms with van der Waals surface area (Å²) in [6.07, 6.45) is 2.70. The lowest BCUT2D eigenvalue weighted by Crippen LogP contribution is -2.37. The van der Waals surface area contributed by atoms with Gasteiger partial charge >= 0.3 is 12.2 Å². The van der Waals surface area contributed by atoms with Gasteiger partial charge in [-0.25, -0.2) is 19.6 Å². The standard InChI is InChI=1S/C37H47N7O4/c1-36(2,3)47-34(45)43(18-8-7-17-38)22-31-39-27-15-12-24(21-29(27)40-31)23-11-14-26-25(20-23)13-16-28-32(26)42-33(41-28)30-10-9-19-44(30)35(46)48-37(4,5)6/h11-16,20-21,30H,7-10,17-19,22,38H2,1-6H3,(H,39,40)(H,41,42)/t30-/m0/s1. The van der Waals surface area contributed by atoms with Crippen LogP contribution >= 0.6 is 0 Å². The molecule has 2 aromatic heterocycles. The number of imidazole rings is 2. The molecule has 1 saturated heterocycles. The predicted molar refractivity (Wildman–Crippen MR) is 189 cm³/mol. The van der Waals surface area contributed by atoms with Gasteiger partial charge in [-0.3, -0.25) is 4.90 Å². The maximum absolute atomic E-state index is 13.0. The number of aromatic amines is 2. The number of aromatic nitrogens is 4. The Bertz CT molecular complexity index is 1950. The third-order valence-corrected chi connectivity index (χ3v) is 8.43. The smallest absolute Gasteiger partial charge is 0.410 e. The normalized spacial score (nSPS) is 15.5. The first-order valence-corrected chi connectivity index (χ1v) is 16.9. The third kappa shape index (κ3) is 7.41. The summed E-state index contributed by atoms with van der Waals surface area (Å²) in [6.45, 7) is 13.3. The van der Waals surface area contributed by atoms with Crippen LogP contribution in [0.1, 0.15) is 84.9 Å². The van der Waals surface area contributed by atoms with Crippen molar-refractivity contribution in [3.8, 4) is 11.1 Å². The van der Waals surface area contributed by atoms with Crippen molar-refractivity contribution in [3.05, 3.63) is 60.2 Å². The van der Waals surface area contributed by atoms with Gasteiger partial charge in [0.15, 0.2) is 0 Å². The Morgan fingerprint density at radius 2 is 1.65 bits per heavy atom. The van der Waals surface area contributed by atoms with Crippen molar-refractivity contribution in [1.29, 1.82) is 0 Å². The van der Waals surface area contributed by atoms with E-state index in [1.807, 2.05) is 53.7 Å². The van der Waals surface area contributed by atoms with Crippen LogP contribution in [-0.4, -0.2) is 72.8 Å². The molecule has 3 heterocycles. The number of likely N-dealkylation sites (tertiary alicyclic amines) is 1. The maximum atomic E-state index is 13.0. The molecule has 0 aliphatic carbocycles. The molecule has 4 N–H and O–H groups in total. The highest BCUT2D eigenvalue weighted by Crippen LogP contribution is 2.35. The number of benzene rings is 3.